The summed E-state index contributed by atoms with van der Waals surface area (Å²) in [4.78, 5) is 13.2. The summed E-state index contributed by atoms with van der Waals surface area (Å²) in [5.41, 5.74) is 0. The number of carbonyl (C=O) groups excluding carboxylic acids is 1. The Morgan fingerprint density at radius 3 is 1.51 bits per heavy atom. The van der Waals surface area contributed by atoms with Crippen LogP contribution in [-0.4, -0.2) is 140 Å². The molecule has 12 unspecified atom stereocenters. The topological polar surface area (TPSA) is 228 Å². The predicted octanol–water partition coefficient (Wildman–Crippen LogP) is 8.44. The van der Waals surface area contributed by atoms with E-state index in [0.29, 0.717) is 12.8 Å². The molecule has 0 aromatic carbocycles. The summed E-state index contributed by atoms with van der Waals surface area (Å²) in [5, 5.41) is 86.9. The van der Waals surface area contributed by atoms with Crippen LogP contribution in [-0.2, 0) is 23.7 Å². The molecule has 408 valence electrons. The predicted molar refractivity (Wildman–Crippen MR) is 277 cm³/mol. The fraction of sp³-hybridized carbons (Fsp3) is 0.839. The highest BCUT2D eigenvalue weighted by atomic mass is 16.7. The summed E-state index contributed by atoms with van der Waals surface area (Å²) < 4.78 is 22.7. The third-order valence-electron chi connectivity index (χ3n) is 13.5. The van der Waals surface area contributed by atoms with E-state index in [2.05, 4.69) is 55.6 Å². The van der Waals surface area contributed by atoms with Gasteiger partial charge in [-0.25, -0.2) is 0 Å². The van der Waals surface area contributed by atoms with Gasteiger partial charge >= 0.3 is 0 Å². The van der Waals surface area contributed by atoms with Crippen LogP contribution < -0.4 is 5.32 Å². The summed E-state index contributed by atoms with van der Waals surface area (Å²) >= 11 is 0. The number of aliphatic hydroxyl groups excluding tert-OH is 8. The molecule has 2 fully saturated rings. The van der Waals surface area contributed by atoms with Crippen molar-refractivity contribution in [3.05, 3.63) is 48.6 Å². The number of rotatable bonds is 43. The van der Waals surface area contributed by atoms with Gasteiger partial charge in [0.2, 0.25) is 5.91 Å². The van der Waals surface area contributed by atoms with Gasteiger partial charge in [0.25, 0.3) is 0 Å². The largest absolute Gasteiger partial charge is 0.394 e. The molecule has 2 aliphatic rings. The fourth-order valence-electron chi connectivity index (χ4n) is 8.92. The molecule has 14 heteroatoms. The molecule has 70 heavy (non-hydrogen) atoms. The molecule has 0 spiro atoms. The quantitative estimate of drug-likeness (QED) is 0.0207. The van der Waals surface area contributed by atoms with Crippen LogP contribution in [0.4, 0.5) is 0 Å². The highest BCUT2D eigenvalue weighted by molar-refractivity contribution is 5.76. The van der Waals surface area contributed by atoms with Gasteiger partial charge in [-0.15, -0.1) is 0 Å². The van der Waals surface area contributed by atoms with Crippen molar-refractivity contribution in [2.45, 2.75) is 280 Å². The maximum Gasteiger partial charge on any atom is 0.220 e. The van der Waals surface area contributed by atoms with Gasteiger partial charge in [0.15, 0.2) is 12.6 Å². The van der Waals surface area contributed by atoms with Crippen molar-refractivity contribution in [1.29, 1.82) is 0 Å². The lowest BCUT2D eigenvalue weighted by atomic mass is 9.97. The van der Waals surface area contributed by atoms with E-state index < -0.39 is 86.8 Å². The highest BCUT2D eigenvalue weighted by Gasteiger charge is 2.51. The first kappa shape index (κ1) is 64.1. The number of amides is 1. The Morgan fingerprint density at radius 1 is 0.514 bits per heavy atom. The number of ether oxygens (including phenoxy) is 4. The molecule has 1 amide bonds. The normalized spacial score (nSPS) is 26.3. The van der Waals surface area contributed by atoms with Gasteiger partial charge in [-0.05, 0) is 64.2 Å². The van der Waals surface area contributed by atoms with Gasteiger partial charge in [0.1, 0.15) is 48.8 Å². The van der Waals surface area contributed by atoms with Crippen molar-refractivity contribution in [3.63, 3.8) is 0 Å². The van der Waals surface area contributed by atoms with Gasteiger partial charge < -0.3 is 65.1 Å². The van der Waals surface area contributed by atoms with Crippen LogP contribution in [0, 0.1) is 0 Å². The summed E-state index contributed by atoms with van der Waals surface area (Å²) in [6.07, 6.45) is 34.3. The number of hydrogen-bond donors (Lipinski definition) is 9. The van der Waals surface area contributed by atoms with Gasteiger partial charge in [-0.1, -0.05) is 184 Å². The zero-order valence-corrected chi connectivity index (χ0v) is 43.5. The van der Waals surface area contributed by atoms with E-state index in [4.69, 9.17) is 18.9 Å². The molecule has 2 rings (SSSR count). The van der Waals surface area contributed by atoms with Crippen LogP contribution >= 0.6 is 0 Å². The molecular weight excluding hydrogens is 895 g/mol. The first-order chi connectivity index (χ1) is 34.1. The second kappa shape index (κ2) is 42.3. The maximum absolute atomic E-state index is 13.2. The third kappa shape index (κ3) is 28.4. The number of carbonyl (C=O) groups is 1. The van der Waals surface area contributed by atoms with Crippen molar-refractivity contribution < 1.29 is 64.6 Å². The van der Waals surface area contributed by atoms with E-state index in [9.17, 15) is 45.6 Å². The highest BCUT2D eigenvalue weighted by Crippen LogP contribution is 2.30. The zero-order valence-electron chi connectivity index (χ0n) is 43.5. The van der Waals surface area contributed by atoms with Crippen LogP contribution in [0.25, 0.3) is 0 Å². The first-order valence-electron chi connectivity index (χ1n) is 27.9. The monoisotopic (exact) mass is 996 g/mol. The second-order valence-electron chi connectivity index (χ2n) is 19.7. The zero-order chi connectivity index (χ0) is 51.0. The number of aliphatic hydroxyl groups is 8. The van der Waals surface area contributed by atoms with Crippen molar-refractivity contribution in [2.24, 2.45) is 0 Å². The lowest BCUT2D eigenvalue weighted by molar-refractivity contribution is -0.359. The van der Waals surface area contributed by atoms with Crippen LogP contribution in [0.3, 0.4) is 0 Å². The van der Waals surface area contributed by atoms with E-state index in [1.54, 1.807) is 6.08 Å². The molecule has 0 aliphatic carbocycles. The van der Waals surface area contributed by atoms with Crippen molar-refractivity contribution in [2.75, 3.05) is 19.8 Å². The molecule has 2 saturated heterocycles. The lowest BCUT2D eigenvalue weighted by Crippen LogP contribution is -2.65. The van der Waals surface area contributed by atoms with Crippen molar-refractivity contribution >= 4 is 5.91 Å². The minimum Gasteiger partial charge on any atom is -0.394 e. The van der Waals surface area contributed by atoms with E-state index in [0.717, 1.165) is 51.4 Å². The molecule has 0 saturated carbocycles. The molecular formula is C56H101NO13. The molecule has 2 heterocycles. The average molecular weight is 996 g/mol. The Labute approximate surface area is 423 Å². The molecule has 2 aliphatic heterocycles. The van der Waals surface area contributed by atoms with E-state index in [-0.39, 0.29) is 18.9 Å². The number of hydrogen-bond acceptors (Lipinski definition) is 13. The molecule has 0 bridgehead atoms. The minimum atomic E-state index is -1.79. The van der Waals surface area contributed by atoms with E-state index in [1.165, 1.54) is 122 Å². The van der Waals surface area contributed by atoms with Crippen LogP contribution in [0.1, 0.15) is 206 Å². The Bertz CT molecular complexity index is 1360. The van der Waals surface area contributed by atoms with Gasteiger partial charge in [-0.3, -0.25) is 4.79 Å². The summed E-state index contributed by atoms with van der Waals surface area (Å²) in [5.74, 6) is -0.258. The van der Waals surface area contributed by atoms with Crippen LogP contribution in [0.2, 0.25) is 0 Å². The van der Waals surface area contributed by atoms with Crippen LogP contribution in [0.5, 0.6) is 0 Å². The molecule has 12 atom stereocenters. The fourth-order valence-corrected chi connectivity index (χ4v) is 8.92. The Hall–Kier alpha value is -2.05. The number of nitrogens with one attached hydrogen (secondary N) is 1. The minimum absolute atomic E-state index is 0.258. The van der Waals surface area contributed by atoms with E-state index >= 15 is 0 Å². The first-order valence-corrected chi connectivity index (χ1v) is 27.9. The standard InChI is InChI=1S/C56H101NO13/c1-3-5-7-9-11-13-15-17-19-21-22-24-25-27-29-31-33-35-37-39-45(60)44(57-48(61)40-38-36-34-32-30-28-26-23-20-18-16-14-12-10-8-6-4-2)43-67-55-53(66)51(64)54(47(42-59)69-55)70-56-52(65)50(63)49(62)46(41-58)68-56/h12,14,18,20,29,31,37,39,44-47,49-56,58-60,62-66H,3-11,13,15-17,19,21-28,30,32-36,38,40-43H2,1-2H3,(H,57,61)/b14-12-,20-18-,31-29+,39-37+. The molecule has 9 N–H and O–H groups in total. The molecule has 14 nitrogen and oxygen atoms in total. The smallest absolute Gasteiger partial charge is 0.220 e. The van der Waals surface area contributed by atoms with Crippen molar-refractivity contribution in [3.8, 4) is 0 Å². The Morgan fingerprint density at radius 2 is 0.957 bits per heavy atom. The lowest BCUT2D eigenvalue weighted by Gasteiger charge is -2.46. The van der Waals surface area contributed by atoms with Gasteiger partial charge in [-0.2, -0.15) is 0 Å². The summed E-state index contributed by atoms with van der Waals surface area (Å²) in [6.45, 7) is 2.74. The average Bonchev–Trinajstić information content (AvgIpc) is 3.36. The number of unbranched alkanes of at least 4 members (excludes halogenated alkanes) is 24. The molecule has 0 radical (unpaired) electrons. The summed E-state index contributed by atoms with van der Waals surface area (Å²) in [6, 6.07) is -0.936. The van der Waals surface area contributed by atoms with E-state index in [1.807, 2.05) is 6.08 Å². The van der Waals surface area contributed by atoms with Gasteiger partial charge in [0, 0.05) is 6.42 Å². The third-order valence-corrected chi connectivity index (χ3v) is 13.5. The maximum atomic E-state index is 13.2. The molecule has 0 aromatic rings. The van der Waals surface area contributed by atoms with Crippen LogP contribution in [0.15, 0.2) is 48.6 Å². The summed E-state index contributed by atoms with van der Waals surface area (Å²) in [7, 11) is 0. The Kier molecular flexibility index (Phi) is 38.7. The Balaban J connectivity index is 1.83. The SMILES string of the molecule is CCCCC/C=C\C/C=C\CCCCCCCCCC(=O)NC(COC1OC(CO)C(OC2OC(CO)C(O)C(O)C2O)C(O)C1O)C(O)/C=C/CC/C=C/CCCCCCCCCCCCCCC. The van der Waals surface area contributed by atoms with Crippen molar-refractivity contribution in [1.82, 2.24) is 5.32 Å². The molecule has 0 aromatic heterocycles. The van der Waals surface area contributed by atoms with Gasteiger partial charge in [0.05, 0.1) is 32.0 Å². The number of allylic oxidation sites excluding steroid dienone is 7. The second-order valence-corrected chi connectivity index (χ2v) is 19.7.